The number of carbonyl (C=O) groups excluding carboxylic acids is 1. The van der Waals surface area contributed by atoms with Gasteiger partial charge in [0.2, 0.25) is 0 Å². The largest absolute Gasteiger partial charge is 0.505 e. The summed E-state index contributed by atoms with van der Waals surface area (Å²) in [6, 6.07) is 24.3. The van der Waals surface area contributed by atoms with Crippen molar-refractivity contribution in [2.45, 2.75) is 36.0 Å². The summed E-state index contributed by atoms with van der Waals surface area (Å²) in [6.07, 6.45) is 0. The van der Waals surface area contributed by atoms with Crippen LogP contribution in [0.15, 0.2) is 117 Å². The molecule has 12 nitrogen and oxygen atoms in total. The van der Waals surface area contributed by atoms with E-state index in [1.165, 1.54) is 24.3 Å². The number of carbonyl (C=O) groups is 1. The monoisotopic (exact) mass is 675 g/mol. The zero-order chi connectivity index (χ0) is 34.1. The average molecular weight is 676 g/mol. The van der Waals surface area contributed by atoms with E-state index in [4.69, 9.17) is 4.74 Å². The molecule has 1 amide bonds. The predicted molar refractivity (Wildman–Crippen MR) is 175 cm³/mol. The van der Waals surface area contributed by atoms with Gasteiger partial charge in [-0.1, -0.05) is 57.2 Å². The Morgan fingerprint density at radius 3 is 2.06 bits per heavy atom. The summed E-state index contributed by atoms with van der Waals surface area (Å²) in [4.78, 5) is 11.4. The first-order valence-electron chi connectivity index (χ1n) is 14.0. The fourth-order valence-electron chi connectivity index (χ4n) is 4.66. The van der Waals surface area contributed by atoms with Gasteiger partial charge in [0.15, 0.2) is 5.75 Å². The number of aromatic hydroxyl groups is 1. The summed E-state index contributed by atoms with van der Waals surface area (Å²) < 4.78 is 74.6. The molecule has 5 rings (SSSR count). The molecule has 5 aromatic rings. The van der Waals surface area contributed by atoms with Crippen molar-refractivity contribution in [1.82, 2.24) is 0 Å². The number of hydrogen-bond acceptors (Lipinski definition) is 9. The van der Waals surface area contributed by atoms with Crippen molar-refractivity contribution in [2.75, 3.05) is 5.32 Å². The molecule has 242 valence electrons. The first kappa shape index (κ1) is 33.2. The summed E-state index contributed by atoms with van der Waals surface area (Å²) in [6.45, 7) is 6.28. The maximum absolute atomic E-state index is 13.0. The Kier molecular flexibility index (Phi) is 8.88. The zero-order valence-electron chi connectivity index (χ0n) is 25.2. The second kappa shape index (κ2) is 12.6. The van der Waals surface area contributed by atoms with Crippen LogP contribution in [0.2, 0.25) is 0 Å². The van der Waals surface area contributed by atoms with Crippen LogP contribution in [0.5, 0.6) is 17.2 Å². The number of ether oxygens (including phenoxy) is 1. The minimum Gasteiger partial charge on any atom is -0.505 e. The molecular formula is C33H29N3O9S2. The van der Waals surface area contributed by atoms with Gasteiger partial charge in [0, 0.05) is 17.0 Å². The van der Waals surface area contributed by atoms with E-state index < -0.39 is 47.4 Å². The number of phenolic OH excluding ortho intramolecular Hbond substituents is 1. The molecule has 0 atom stereocenters. The fourth-order valence-corrected chi connectivity index (χ4v) is 5.86. The van der Waals surface area contributed by atoms with Gasteiger partial charge in [-0.15, -0.1) is 5.11 Å². The molecule has 4 N–H and O–H groups in total. The SMILES string of the molecule is CC(C)(C)c1ccc(Oc2cccc(N=Nc3c(S(=O)(=O)O)cc4cc(S(=O)(=O)O)cc(NC(=O)c5ccccc5)c4c3O)c2)cc1. The Balaban J connectivity index is 1.59. The maximum Gasteiger partial charge on any atom is 0.296 e. The van der Waals surface area contributed by atoms with Crippen molar-refractivity contribution in [3.63, 3.8) is 0 Å². The van der Waals surface area contributed by atoms with Crippen molar-refractivity contribution < 1.29 is 40.6 Å². The molecule has 0 unspecified atom stereocenters. The third kappa shape index (κ3) is 7.64. The molecule has 5 aromatic carbocycles. The van der Waals surface area contributed by atoms with Gasteiger partial charge in [0.05, 0.1) is 16.3 Å². The third-order valence-electron chi connectivity index (χ3n) is 7.02. The Morgan fingerprint density at radius 1 is 0.766 bits per heavy atom. The van der Waals surface area contributed by atoms with Crippen LogP contribution >= 0.6 is 0 Å². The van der Waals surface area contributed by atoms with E-state index in [0.29, 0.717) is 11.5 Å². The summed E-state index contributed by atoms with van der Waals surface area (Å²) in [7, 11) is -9.95. The van der Waals surface area contributed by atoms with Crippen molar-refractivity contribution in [3.05, 3.63) is 108 Å². The van der Waals surface area contributed by atoms with Crippen molar-refractivity contribution in [1.29, 1.82) is 0 Å². The fraction of sp³-hybridized carbons (Fsp3) is 0.121. The van der Waals surface area contributed by atoms with Crippen molar-refractivity contribution >= 4 is 54.0 Å². The molecule has 0 aliphatic heterocycles. The summed E-state index contributed by atoms with van der Waals surface area (Å²) in [5, 5.41) is 21.3. The van der Waals surface area contributed by atoms with Crippen LogP contribution in [-0.2, 0) is 25.7 Å². The predicted octanol–water partition coefficient (Wildman–Crippen LogP) is 7.80. The lowest BCUT2D eigenvalue weighted by Gasteiger charge is -2.19. The lowest BCUT2D eigenvalue weighted by Crippen LogP contribution is -2.13. The number of anilines is 1. The smallest absolute Gasteiger partial charge is 0.296 e. The highest BCUT2D eigenvalue weighted by atomic mass is 32.2. The van der Waals surface area contributed by atoms with E-state index >= 15 is 0 Å². The number of amides is 1. The number of nitrogens with one attached hydrogen (secondary N) is 1. The Labute approximate surface area is 270 Å². The van der Waals surface area contributed by atoms with E-state index in [0.717, 1.165) is 23.8 Å². The number of hydrogen-bond donors (Lipinski definition) is 4. The van der Waals surface area contributed by atoms with Gasteiger partial charge in [-0.3, -0.25) is 13.9 Å². The molecule has 0 aromatic heterocycles. The van der Waals surface area contributed by atoms with Crippen molar-refractivity contribution in [2.24, 2.45) is 10.2 Å². The van der Waals surface area contributed by atoms with Crippen LogP contribution in [0.4, 0.5) is 17.1 Å². The van der Waals surface area contributed by atoms with Gasteiger partial charge in [-0.05, 0) is 71.0 Å². The van der Waals surface area contributed by atoms with Crippen LogP contribution in [-0.4, -0.2) is 37.0 Å². The van der Waals surface area contributed by atoms with E-state index in [1.807, 2.05) is 24.3 Å². The minimum atomic E-state index is -5.08. The molecule has 0 saturated carbocycles. The molecule has 0 aliphatic rings. The van der Waals surface area contributed by atoms with Gasteiger partial charge in [0.25, 0.3) is 26.1 Å². The van der Waals surface area contributed by atoms with E-state index in [9.17, 15) is 35.8 Å². The average Bonchev–Trinajstić information content (AvgIpc) is 2.99. The van der Waals surface area contributed by atoms with Gasteiger partial charge in [0.1, 0.15) is 22.1 Å². The van der Waals surface area contributed by atoms with E-state index in [2.05, 4.69) is 36.3 Å². The normalized spacial score (nSPS) is 12.4. The molecule has 0 radical (unpaired) electrons. The molecule has 0 spiro atoms. The molecule has 47 heavy (non-hydrogen) atoms. The molecule has 0 heterocycles. The highest BCUT2D eigenvalue weighted by Crippen LogP contribution is 2.45. The minimum absolute atomic E-state index is 0.0405. The van der Waals surface area contributed by atoms with E-state index in [1.54, 1.807) is 30.3 Å². The maximum atomic E-state index is 13.0. The lowest BCUT2D eigenvalue weighted by molar-refractivity contribution is 0.102. The summed E-state index contributed by atoms with van der Waals surface area (Å²) >= 11 is 0. The number of rotatable bonds is 8. The van der Waals surface area contributed by atoms with Crippen molar-refractivity contribution in [3.8, 4) is 17.2 Å². The third-order valence-corrected chi connectivity index (χ3v) is 8.72. The molecular weight excluding hydrogens is 647 g/mol. The Morgan fingerprint density at radius 2 is 1.45 bits per heavy atom. The van der Waals surface area contributed by atoms with Crippen LogP contribution < -0.4 is 10.1 Å². The highest BCUT2D eigenvalue weighted by Gasteiger charge is 2.26. The van der Waals surface area contributed by atoms with Crippen LogP contribution in [0.3, 0.4) is 0 Å². The molecule has 0 saturated heterocycles. The first-order valence-corrected chi connectivity index (χ1v) is 16.8. The highest BCUT2D eigenvalue weighted by molar-refractivity contribution is 7.86. The molecule has 0 bridgehead atoms. The number of benzene rings is 5. The Hall–Kier alpha value is -5.15. The van der Waals surface area contributed by atoms with Gasteiger partial charge >= 0.3 is 0 Å². The number of nitrogens with zero attached hydrogens (tertiary/aromatic N) is 2. The standard InChI is InChI=1S/C33H29N3O9S2/c1-33(2,3)22-12-14-24(15-13-22)45-25-11-7-10-23(18-25)35-36-30-28(47(42,43)44)17-21-16-26(46(39,40)41)19-27(29(21)31(30)37)34-32(38)20-8-5-4-6-9-20/h4-19,37H,1-3H3,(H,34,38)(H,39,40,41)(H,42,43,44). The van der Waals surface area contributed by atoms with E-state index in [-0.39, 0.29) is 33.1 Å². The molecule has 14 heteroatoms. The van der Waals surface area contributed by atoms with Crippen LogP contribution in [0, 0.1) is 0 Å². The quantitative estimate of drug-likeness (QED) is 0.0938. The van der Waals surface area contributed by atoms with Gasteiger partial charge < -0.3 is 15.2 Å². The second-order valence-corrected chi connectivity index (χ2v) is 14.3. The summed E-state index contributed by atoms with van der Waals surface area (Å²) in [5.74, 6) is -0.616. The lowest BCUT2D eigenvalue weighted by atomic mass is 9.87. The van der Waals surface area contributed by atoms with Gasteiger partial charge in [-0.2, -0.15) is 21.9 Å². The first-order chi connectivity index (χ1) is 22.0. The Bertz CT molecular complexity index is 2250. The number of azo groups is 1. The second-order valence-electron chi connectivity index (χ2n) is 11.5. The zero-order valence-corrected chi connectivity index (χ0v) is 26.9. The van der Waals surface area contributed by atoms with Crippen LogP contribution in [0.1, 0.15) is 36.7 Å². The van der Waals surface area contributed by atoms with Crippen LogP contribution in [0.25, 0.3) is 10.8 Å². The number of phenols is 1. The summed E-state index contributed by atoms with van der Waals surface area (Å²) in [5.41, 5.74) is 0.454. The topological polar surface area (TPSA) is 192 Å². The molecule has 0 fully saturated rings. The molecule has 0 aliphatic carbocycles. The number of fused-ring (bicyclic) bond motifs is 1. The van der Waals surface area contributed by atoms with Gasteiger partial charge in [-0.25, -0.2) is 0 Å².